The van der Waals surface area contributed by atoms with Gasteiger partial charge in [-0.05, 0) is 78.3 Å². The lowest BCUT2D eigenvalue weighted by Gasteiger charge is -2.38. The number of carbonyl (C=O) groups excluding carboxylic acids is 2. The molecule has 10 nitrogen and oxygen atoms in total. The molecule has 2 aromatic carbocycles. The third-order valence-corrected chi connectivity index (χ3v) is 7.15. The van der Waals surface area contributed by atoms with Crippen LogP contribution in [0, 0.1) is 11.7 Å². The van der Waals surface area contributed by atoms with Crippen molar-refractivity contribution < 1.29 is 18.7 Å². The molecule has 2 aliphatic rings. The molecule has 0 spiro atoms. The Morgan fingerprint density at radius 2 is 1.97 bits per heavy atom. The van der Waals surface area contributed by atoms with Gasteiger partial charge in [-0.3, -0.25) is 4.79 Å². The second-order valence-corrected chi connectivity index (χ2v) is 9.97. The number of anilines is 1. The highest BCUT2D eigenvalue weighted by Gasteiger charge is 2.37. The summed E-state index contributed by atoms with van der Waals surface area (Å²) in [4.78, 5) is 28.3. The maximum absolute atomic E-state index is 13.5. The lowest BCUT2D eigenvalue weighted by molar-refractivity contribution is -0.150. The standard InChI is InChI=1S/C27H32FN7O3/c1-34-25(31-32-33-34)20-6-2-7-22(16-20)29-27(37)30-23-8-4-14-38-24(23)26(36)35-13-3-5-19(17-35)15-18-9-11-21(28)12-10-18/h2,6-7,9-12,16,19,23-24H,3-5,8,13-15,17H2,1H3,(H2,29,30,37)/t19?,23-,24+/m1/s1. The summed E-state index contributed by atoms with van der Waals surface area (Å²) >= 11 is 0. The minimum atomic E-state index is -0.727. The van der Waals surface area contributed by atoms with Gasteiger partial charge >= 0.3 is 6.03 Å². The molecule has 1 unspecified atom stereocenters. The first kappa shape index (κ1) is 25.8. The number of carbonyl (C=O) groups is 2. The number of aryl methyl sites for hydroxylation is 1. The summed E-state index contributed by atoms with van der Waals surface area (Å²) in [5, 5.41) is 17.3. The number of likely N-dealkylation sites (tertiary alicyclic amines) is 1. The number of nitrogens with one attached hydrogen (secondary N) is 2. The van der Waals surface area contributed by atoms with Crippen LogP contribution >= 0.6 is 0 Å². The zero-order chi connectivity index (χ0) is 26.5. The number of benzene rings is 2. The van der Waals surface area contributed by atoms with E-state index in [-0.39, 0.29) is 11.7 Å². The fraction of sp³-hybridized carbons (Fsp3) is 0.444. The quantitative estimate of drug-likeness (QED) is 0.515. The Kier molecular flexibility index (Phi) is 7.92. The third-order valence-electron chi connectivity index (χ3n) is 7.15. The van der Waals surface area contributed by atoms with Crippen molar-refractivity contribution in [3.8, 4) is 11.4 Å². The molecule has 2 saturated heterocycles. The molecule has 38 heavy (non-hydrogen) atoms. The van der Waals surface area contributed by atoms with E-state index >= 15 is 0 Å². The van der Waals surface area contributed by atoms with Crippen molar-refractivity contribution in [3.05, 3.63) is 59.9 Å². The van der Waals surface area contributed by atoms with E-state index in [1.807, 2.05) is 17.0 Å². The van der Waals surface area contributed by atoms with Crippen LogP contribution in [0.15, 0.2) is 48.5 Å². The average molecular weight is 522 g/mol. The number of amides is 3. The van der Waals surface area contributed by atoms with Gasteiger partial charge in [-0.2, -0.15) is 0 Å². The number of ether oxygens (including phenoxy) is 1. The van der Waals surface area contributed by atoms with Crippen molar-refractivity contribution in [3.63, 3.8) is 0 Å². The molecule has 200 valence electrons. The van der Waals surface area contributed by atoms with Crippen molar-refractivity contribution in [1.29, 1.82) is 0 Å². The third kappa shape index (κ3) is 6.16. The summed E-state index contributed by atoms with van der Waals surface area (Å²) in [6, 6.07) is 13.0. The summed E-state index contributed by atoms with van der Waals surface area (Å²) in [6.07, 6.45) is 3.40. The van der Waals surface area contributed by atoms with Gasteiger partial charge in [-0.1, -0.05) is 24.3 Å². The van der Waals surface area contributed by atoms with Crippen molar-refractivity contribution in [2.24, 2.45) is 13.0 Å². The van der Waals surface area contributed by atoms with Crippen LogP contribution in [0.2, 0.25) is 0 Å². The van der Waals surface area contributed by atoms with E-state index in [0.717, 1.165) is 36.8 Å². The number of hydrogen-bond donors (Lipinski definition) is 2. The molecule has 11 heteroatoms. The minimum Gasteiger partial charge on any atom is -0.366 e. The fourth-order valence-corrected chi connectivity index (χ4v) is 5.28. The van der Waals surface area contributed by atoms with E-state index < -0.39 is 18.2 Å². The SMILES string of the molecule is Cn1nnnc1-c1cccc(NC(=O)N[C@@H]2CCCO[C@@H]2C(=O)N2CCCC(Cc3ccc(F)cc3)C2)c1. The van der Waals surface area contributed by atoms with Crippen LogP contribution in [0.25, 0.3) is 11.4 Å². The highest BCUT2D eigenvalue weighted by atomic mass is 19.1. The van der Waals surface area contributed by atoms with Gasteiger partial charge in [-0.15, -0.1) is 5.10 Å². The van der Waals surface area contributed by atoms with Crippen molar-refractivity contribution in [2.45, 2.75) is 44.2 Å². The first-order valence-electron chi connectivity index (χ1n) is 13.0. The first-order chi connectivity index (χ1) is 18.5. The van der Waals surface area contributed by atoms with Crippen LogP contribution in [0.5, 0.6) is 0 Å². The minimum absolute atomic E-state index is 0.0874. The number of aromatic nitrogens is 4. The van der Waals surface area contributed by atoms with Crippen LogP contribution in [-0.2, 0) is 23.0 Å². The number of tetrazole rings is 1. The topological polar surface area (TPSA) is 114 Å². The van der Waals surface area contributed by atoms with Gasteiger partial charge in [0.1, 0.15) is 5.82 Å². The molecule has 3 aromatic rings. The fourth-order valence-electron chi connectivity index (χ4n) is 5.28. The van der Waals surface area contributed by atoms with Gasteiger partial charge in [0, 0.05) is 38.0 Å². The van der Waals surface area contributed by atoms with Gasteiger partial charge in [0.15, 0.2) is 11.9 Å². The highest BCUT2D eigenvalue weighted by molar-refractivity contribution is 5.91. The van der Waals surface area contributed by atoms with Crippen LogP contribution in [0.4, 0.5) is 14.9 Å². The van der Waals surface area contributed by atoms with E-state index in [4.69, 9.17) is 4.74 Å². The van der Waals surface area contributed by atoms with E-state index in [1.54, 1.807) is 36.0 Å². The number of nitrogens with zero attached hydrogens (tertiary/aromatic N) is 5. The number of hydrogen-bond acceptors (Lipinski definition) is 6. The lowest BCUT2D eigenvalue weighted by Crippen LogP contribution is -2.56. The molecule has 1 aromatic heterocycles. The largest absolute Gasteiger partial charge is 0.366 e. The number of piperidine rings is 1. The van der Waals surface area contributed by atoms with Gasteiger partial charge < -0.3 is 20.3 Å². The molecule has 0 bridgehead atoms. The predicted molar refractivity (Wildman–Crippen MR) is 139 cm³/mol. The molecular weight excluding hydrogens is 489 g/mol. The zero-order valence-corrected chi connectivity index (χ0v) is 21.3. The van der Waals surface area contributed by atoms with E-state index in [9.17, 15) is 14.0 Å². The lowest BCUT2D eigenvalue weighted by atomic mass is 9.90. The molecule has 2 N–H and O–H groups in total. The maximum Gasteiger partial charge on any atom is 0.319 e. The number of rotatable bonds is 6. The number of halogens is 1. The van der Waals surface area contributed by atoms with Crippen LogP contribution in [0.3, 0.4) is 0 Å². The molecule has 0 radical (unpaired) electrons. The molecule has 2 aliphatic heterocycles. The second kappa shape index (κ2) is 11.7. The normalized spacial score (nSPS) is 21.6. The Hall–Kier alpha value is -3.86. The summed E-state index contributed by atoms with van der Waals surface area (Å²) in [5.41, 5.74) is 2.42. The van der Waals surface area contributed by atoms with Crippen molar-refractivity contribution in [1.82, 2.24) is 30.4 Å². The van der Waals surface area contributed by atoms with E-state index in [0.29, 0.717) is 43.5 Å². The van der Waals surface area contributed by atoms with Gasteiger partial charge in [0.2, 0.25) is 0 Å². The highest BCUT2D eigenvalue weighted by Crippen LogP contribution is 2.25. The molecule has 3 atom stereocenters. The summed E-state index contributed by atoms with van der Waals surface area (Å²) < 4.78 is 20.7. The Labute approximate surface area is 220 Å². The maximum atomic E-state index is 13.5. The molecule has 0 aliphatic carbocycles. The van der Waals surface area contributed by atoms with Crippen molar-refractivity contribution >= 4 is 17.6 Å². The molecule has 3 amide bonds. The van der Waals surface area contributed by atoms with Crippen molar-refractivity contribution in [2.75, 3.05) is 25.0 Å². The Morgan fingerprint density at radius 1 is 1.13 bits per heavy atom. The van der Waals surface area contributed by atoms with Gasteiger partial charge in [-0.25, -0.2) is 13.9 Å². The molecule has 3 heterocycles. The Balaban J connectivity index is 1.19. The second-order valence-electron chi connectivity index (χ2n) is 9.97. The predicted octanol–water partition coefficient (Wildman–Crippen LogP) is 3.17. The van der Waals surface area contributed by atoms with Gasteiger partial charge in [0.25, 0.3) is 5.91 Å². The Morgan fingerprint density at radius 3 is 2.76 bits per heavy atom. The summed E-state index contributed by atoms with van der Waals surface area (Å²) in [5.74, 6) is 0.546. The molecule has 0 saturated carbocycles. The van der Waals surface area contributed by atoms with E-state index in [1.165, 1.54) is 12.1 Å². The van der Waals surface area contributed by atoms with Gasteiger partial charge in [0.05, 0.1) is 6.04 Å². The zero-order valence-electron chi connectivity index (χ0n) is 21.3. The number of urea groups is 1. The smallest absolute Gasteiger partial charge is 0.319 e. The molecule has 2 fully saturated rings. The molecular formula is C27H32FN7O3. The monoisotopic (exact) mass is 521 g/mol. The van der Waals surface area contributed by atoms with E-state index in [2.05, 4.69) is 26.2 Å². The van der Waals surface area contributed by atoms with Crippen LogP contribution in [0.1, 0.15) is 31.2 Å². The summed E-state index contributed by atoms with van der Waals surface area (Å²) in [6.45, 7) is 1.77. The van der Waals surface area contributed by atoms with Crippen LogP contribution in [-0.4, -0.2) is 68.9 Å². The average Bonchev–Trinajstić information content (AvgIpc) is 3.36. The molecule has 5 rings (SSSR count). The Bertz CT molecular complexity index is 1270. The van der Waals surface area contributed by atoms with Crippen LogP contribution < -0.4 is 10.6 Å². The summed E-state index contributed by atoms with van der Waals surface area (Å²) in [7, 11) is 1.75. The first-order valence-corrected chi connectivity index (χ1v) is 13.0.